The average Bonchev–Trinajstić information content (AvgIpc) is 3.85. The van der Waals surface area contributed by atoms with Crippen LogP contribution in [0.3, 0.4) is 0 Å². The Kier molecular flexibility index (Phi) is 120. The molecule has 0 radical (unpaired) electrons. The van der Waals surface area contributed by atoms with Crippen LogP contribution in [0.15, 0.2) is 72.9 Å². The molecule has 0 spiro atoms. The normalized spacial score (nSPS) is 18.6. The second-order valence-corrected chi connectivity index (χ2v) is 17.7. The van der Waals surface area contributed by atoms with Gasteiger partial charge >= 0.3 is 0 Å². The minimum absolute atomic E-state index is 0. The summed E-state index contributed by atoms with van der Waals surface area (Å²) in [4.78, 5) is 0. The van der Waals surface area contributed by atoms with Crippen LogP contribution in [0.2, 0.25) is 0 Å². The lowest BCUT2D eigenvalue weighted by Gasteiger charge is -2.05. The van der Waals surface area contributed by atoms with Crippen molar-refractivity contribution in [1.82, 2.24) is 0 Å². The van der Waals surface area contributed by atoms with Crippen molar-refractivity contribution in [2.75, 3.05) is 0 Å². The highest BCUT2D eigenvalue weighted by Gasteiger charge is 1.98. The number of hydrogen-bond acceptors (Lipinski definition) is 0. The summed E-state index contributed by atoms with van der Waals surface area (Å²) >= 11 is 0. The van der Waals surface area contributed by atoms with E-state index >= 15 is 0 Å². The minimum Gasteiger partial charge on any atom is -0.0885 e. The summed E-state index contributed by atoms with van der Waals surface area (Å²) in [5.74, 6) is 0. The van der Waals surface area contributed by atoms with Gasteiger partial charge < -0.3 is 0 Å². The van der Waals surface area contributed by atoms with Crippen LogP contribution in [0, 0.1) is 0 Å². The Morgan fingerprint density at radius 1 is 0.119 bits per heavy atom. The van der Waals surface area contributed by atoms with Crippen molar-refractivity contribution in [2.24, 2.45) is 0 Å². The molecule has 0 N–H and O–H groups in total. The molecule has 10 aliphatic carbocycles. The molecule has 412 valence electrons. The summed E-state index contributed by atoms with van der Waals surface area (Å²) in [5, 5.41) is 0. The third-order valence-electron chi connectivity index (χ3n) is 11.7. The van der Waals surface area contributed by atoms with Gasteiger partial charge in [-0.05, 0) is 70.6 Å². The molecule has 6 saturated carbocycles. The molecule has 0 aromatic rings. The van der Waals surface area contributed by atoms with E-state index in [9.17, 15) is 0 Å². The maximum Gasteiger partial charge on any atom is -0.0169 e. The first-order valence-electron chi connectivity index (χ1n) is 25.9. The van der Waals surface area contributed by atoms with Gasteiger partial charge in [-0.1, -0.05) is 366 Å². The van der Waals surface area contributed by atoms with Gasteiger partial charge in [0.05, 0.1) is 0 Å². The van der Waals surface area contributed by atoms with Crippen LogP contribution in [0.25, 0.3) is 0 Å². The maximum absolute atomic E-state index is 2.27. The van der Waals surface area contributed by atoms with Gasteiger partial charge in [0.15, 0.2) is 0 Å². The van der Waals surface area contributed by atoms with E-state index in [1.54, 1.807) is 0 Å². The Hall–Kier alpha value is -1.56. The van der Waals surface area contributed by atoms with E-state index in [1.807, 2.05) is 0 Å². The lowest BCUT2D eigenvalue weighted by molar-refractivity contribution is 0.504. The first kappa shape index (κ1) is 91.7. The van der Waals surface area contributed by atoms with E-state index in [-0.39, 0.29) is 81.7 Å². The summed E-state index contributed by atoms with van der Waals surface area (Å²) in [6.07, 6.45) is 90.0. The molecule has 0 amide bonds. The Morgan fingerprint density at radius 3 is 0.343 bits per heavy atom. The van der Waals surface area contributed by atoms with Crippen molar-refractivity contribution in [2.45, 2.75) is 364 Å². The van der Waals surface area contributed by atoms with Gasteiger partial charge in [-0.25, -0.2) is 0 Å². The number of allylic oxidation sites excluding steroid dienone is 12. The molecule has 0 heteroatoms. The van der Waals surface area contributed by atoms with Crippen LogP contribution >= 0.6 is 0 Å². The van der Waals surface area contributed by atoms with Gasteiger partial charge in [0.1, 0.15) is 0 Å². The van der Waals surface area contributed by atoms with E-state index < -0.39 is 0 Å². The fraction of sp³-hybridized carbons (Fsp3) is 0.821. The van der Waals surface area contributed by atoms with Crippen LogP contribution in [0.5, 0.6) is 0 Å². The van der Waals surface area contributed by atoms with E-state index in [2.05, 4.69) is 72.9 Å². The summed E-state index contributed by atoms with van der Waals surface area (Å²) in [5.41, 5.74) is 0. The van der Waals surface area contributed by atoms with Crippen LogP contribution in [0.4, 0.5) is 0 Å². The Bertz CT molecular complexity index is 763. The SMILES string of the molecule is C.C.C.C.C.C.C.C.C.C.C.C1=CCC=CC1.C1=CCCC1.C1=CCCC=C1.C1=CCCCC1.C1CC1.C1CCC1.C1CCCC1.C1CCCCC1.C1CCCCCC1.C1CCCCCCC1. The van der Waals surface area contributed by atoms with Crippen LogP contribution in [0.1, 0.15) is 364 Å². The molecule has 67 heavy (non-hydrogen) atoms. The van der Waals surface area contributed by atoms with Gasteiger partial charge in [-0.2, -0.15) is 0 Å². The number of hydrogen-bond donors (Lipinski definition) is 0. The summed E-state index contributed by atoms with van der Waals surface area (Å²) in [6, 6.07) is 0. The molecule has 0 aromatic heterocycles. The van der Waals surface area contributed by atoms with Crippen molar-refractivity contribution < 1.29 is 0 Å². The van der Waals surface area contributed by atoms with Crippen LogP contribution in [-0.2, 0) is 0 Å². The predicted octanol–water partition coefficient (Wildman–Crippen LogP) is 27.5. The molecule has 0 aliphatic heterocycles. The highest BCUT2D eigenvalue weighted by Crippen LogP contribution is 2.18. The molecular formula is C67H144. The molecule has 0 nitrogen and oxygen atoms in total. The Balaban J connectivity index is -0.0000000571. The lowest BCUT2D eigenvalue weighted by Crippen LogP contribution is -1.85. The molecular weight excluding hydrogens is 805 g/mol. The molecule has 0 unspecified atom stereocenters. The van der Waals surface area contributed by atoms with Crippen molar-refractivity contribution >= 4 is 0 Å². The quantitative estimate of drug-likeness (QED) is 0.168. The fourth-order valence-electron chi connectivity index (χ4n) is 7.28. The summed E-state index contributed by atoms with van der Waals surface area (Å²) in [6.45, 7) is 0. The van der Waals surface area contributed by atoms with E-state index in [1.165, 1.54) is 270 Å². The summed E-state index contributed by atoms with van der Waals surface area (Å²) < 4.78 is 0. The lowest BCUT2D eigenvalue weighted by atomic mass is 10.0. The molecule has 6 fully saturated rings. The van der Waals surface area contributed by atoms with E-state index in [0.29, 0.717) is 0 Å². The van der Waals surface area contributed by atoms with Crippen LogP contribution < -0.4 is 0 Å². The monoisotopic (exact) mass is 949 g/mol. The molecule has 10 rings (SSSR count). The van der Waals surface area contributed by atoms with Gasteiger partial charge in [-0.15, -0.1) is 0 Å². The van der Waals surface area contributed by atoms with Crippen molar-refractivity contribution in [3.05, 3.63) is 72.9 Å². The Morgan fingerprint density at radius 2 is 0.269 bits per heavy atom. The minimum atomic E-state index is 0. The van der Waals surface area contributed by atoms with Crippen LogP contribution in [-0.4, -0.2) is 0 Å². The molecule has 10 aliphatic rings. The van der Waals surface area contributed by atoms with Gasteiger partial charge in [-0.3, -0.25) is 0 Å². The summed E-state index contributed by atoms with van der Waals surface area (Å²) in [7, 11) is 0. The highest BCUT2D eigenvalue weighted by atomic mass is 14.0. The van der Waals surface area contributed by atoms with Crippen molar-refractivity contribution in [1.29, 1.82) is 0 Å². The number of rotatable bonds is 0. The molecule has 0 bridgehead atoms. The molecule has 0 saturated heterocycles. The second kappa shape index (κ2) is 87.5. The van der Waals surface area contributed by atoms with E-state index in [4.69, 9.17) is 0 Å². The molecule has 0 atom stereocenters. The highest BCUT2D eigenvalue weighted by molar-refractivity contribution is 5.07. The van der Waals surface area contributed by atoms with Crippen molar-refractivity contribution in [3.63, 3.8) is 0 Å². The predicted molar refractivity (Wildman–Crippen MR) is 332 cm³/mol. The van der Waals surface area contributed by atoms with E-state index in [0.717, 1.165) is 12.8 Å². The topological polar surface area (TPSA) is 0 Å². The van der Waals surface area contributed by atoms with Crippen molar-refractivity contribution in [3.8, 4) is 0 Å². The largest absolute Gasteiger partial charge is 0.0885 e. The third-order valence-corrected chi connectivity index (χ3v) is 11.7. The zero-order chi connectivity index (χ0) is 39.6. The first-order valence-corrected chi connectivity index (χ1v) is 25.9. The van der Waals surface area contributed by atoms with Gasteiger partial charge in [0.2, 0.25) is 0 Å². The molecule has 0 heterocycles. The zero-order valence-electron chi connectivity index (χ0n) is 38.0. The second-order valence-electron chi connectivity index (χ2n) is 17.7. The maximum atomic E-state index is 2.27. The first-order chi connectivity index (χ1) is 28.0. The standard InChI is InChI=1S/C8H16.C7H14.C6H12.C6H10.2C6H8.C5H10.C5H8.C4H8.C3H6.11CH4/c1-2-4-6-8-7-5-3-1;1-2-4-6-7-5-3-1;4*1-2-4-6-5-3-1;2*1-2-4-5-3-1;1-2-4-3-1;1-2-3-1;;;;;;;;;;;/h1-8H2;1-7H2;1-6H2;1-2H,3-6H2;1-2,5-6H,3-4H2;1-4H,5-6H2;1-5H2;1-2H,3-5H2;1-4H2;1-3H2;11*1H4. The molecule has 0 aromatic carbocycles. The average molecular weight is 950 g/mol. The zero-order valence-corrected chi connectivity index (χ0v) is 38.0. The fourth-order valence-corrected chi connectivity index (χ4v) is 7.28. The third kappa shape index (κ3) is 91.4. The smallest absolute Gasteiger partial charge is 0.0169 e. The van der Waals surface area contributed by atoms with Gasteiger partial charge in [0, 0.05) is 0 Å². The van der Waals surface area contributed by atoms with Gasteiger partial charge in [0.25, 0.3) is 0 Å². The Labute approximate surface area is 435 Å².